The second-order valence-corrected chi connectivity index (χ2v) is 5.62. The summed E-state index contributed by atoms with van der Waals surface area (Å²) < 4.78 is 0. The van der Waals surface area contributed by atoms with Crippen LogP contribution in [-0.2, 0) is 4.79 Å². The molecule has 0 spiro atoms. The minimum absolute atomic E-state index is 0.162. The van der Waals surface area contributed by atoms with E-state index >= 15 is 0 Å². The van der Waals surface area contributed by atoms with Crippen molar-refractivity contribution in [3.05, 3.63) is 35.9 Å². The van der Waals surface area contributed by atoms with E-state index in [0.29, 0.717) is 0 Å². The maximum absolute atomic E-state index is 12.6. The van der Waals surface area contributed by atoms with Crippen LogP contribution >= 0.6 is 0 Å². The van der Waals surface area contributed by atoms with Gasteiger partial charge in [-0.3, -0.25) is 10.1 Å². The molecule has 20 heavy (non-hydrogen) atoms. The van der Waals surface area contributed by atoms with Crippen LogP contribution in [0.2, 0.25) is 0 Å². The Bertz CT molecular complexity index is 433. The van der Waals surface area contributed by atoms with E-state index in [2.05, 4.69) is 31.2 Å². The first-order chi connectivity index (χ1) is 9.63. The summed E-state index contributed by atoms with van der Waals surface area (Å²) in [4.78, 5) is 16.8. The third kappa shape index (κ3) is 3.38. The van der Waals surface area contributed by atoms with Crippen molar-refractivity contribution in [2.75, 3.05) is 27.2 Å². The average molecular weight is 275 g/mol. The van der Waals surface area contributed by atoms with Gasteiger partial charge in [0, 0.05) is 6.54 Å². The second kappa shape index (κ2) is 6.86. The largest absolute Gasteiger partial charge is 0.325 e. The smallest absolute Gasteiger partial charge is 0.245 e. The Morgan fingerprint density at radius 3 is 2.55 bits per heavy atom. The standard InChI is InChI=1S/C16H25N3O/c1-4-14-17-15(13-9-6-5-7-10-13)16(20)19(14)12-8-11-18(2)3/h5-7,9-10,14-15,17H,4,8,11-12H2,1-3H3. The zero-order valence-corrected chi connectivity index (χ0v) is 12.7. The minimum atomic E-state index is -0.180. The second-order valence-electron chi connectivity index (χ2n) is 5.62. The summed E-state index contributed by atoms with van der Waals surface area (Å²) >= 11 is 0. The molecule has 0 radical (unpaired) electrons. The third-order valence-electron chi connectivity index (χ3n) is 3.79. The van der Waals surface area contributed by atoms with Gasteiger partial charge in [0.2, 0.25) is 5.91 Å². The van der Waals surface area contributed by atoms with Crippen LogP contribution < -0.4 is 5.32 Å². The molecule has 0 saturated carbocycles. The number of rotatable bonds is 6. The van der Waals surface area contributed by atoms with Crippen molar-refractivity contribution in [1.82, 2.24) is 15.1 Å². The normalized spacial score (nSPS) is 22.8. The molecule has 1 amide bonds. The number of amides is 1. The van der Waals surface area contributed by atoms with E-state index in [1.54, 1.807) is 0 Å². The Labute approximate surface area is 121 Å². The van der Waals surface area contributed by atoms with Crippen molar-refractivity contribution in [3.8, 4) is 0 Å². The van der Waals surface area contributed by atoms with Gasteiger partial charge >= 0.3 is 0 Å². The summed E-state index contributed by atoms with van der Waals surface area (Å²) in [5, 5.41) is 3.46. The fourth-order valence-electron chi connectivity index (χ4n) is 2.72. The highest BCUT2D eigenvalue weighted by atomic mass is 16.2. The van der Waals surface area contributed by atoms with Crippen LogP contribution in [0.4, 0.5) is 0 Å². The number of benzene rings is 1. The number of nitrogens with one attached hydrogen (secondary N) is 1. The molecule has 4 heteroatoms. The van der Waals surface area contributed by atoms with Gasteiger partial charge in [0.15, 0.2) is 0 Å². The maximum atomic E-state index is 12.6. The van der Waals surface area contributed by atoms with E-state index in [9.17, 15) is 4.79 Å². The van der Waals surface area contributed by atoms with Crippen molar-refractivity contribution in [2.24, 2.45) is 0 Å². The van der Waals surface area contributed by atoms with Crippen LogP contribution in [0.1, 0.15) is 31.4 Å². The highest BCUT2D eigenvalue weighted by Crippen LogP contribution is 2.25. The molecule has 1 aromatic carbocycles. The first kappa shape index (κ1) is 15.0. The van der Waals surface area contributed by atoms with Crippen molar-refractivity contribution >= 4 is 5.91 Å². The molecule has 2 unspecified atom stereocenters. The number of carbonyl (C=O) groups is 1. The summed E-state index contributed by atoms with van der Waals surface area (Å²) in [5.41, 5.74) is 1.06. The van der Waals surface area contributed by atoms with Crippen molar-refractivity contribution < 1.29 is 4.79 Å². The lowest BCUT2D eigenvalue weighted by molar-refractivity contribution is -0.130. The minimum Gasteiger partial charge on any atom is -0.325 e. The average Bonchev–Trinajstić information content (AvgIpc) is 2.76. The summed E-state index contributed by atoms with van der Waals surface area (Å²) in [5.74, 6) is 0.210. The molecule has 110 valence electrons. The van der Waals surface area contributed by atoms with Crippen LogP contribution in [0.15, 0.2) is 30.3 Å². The van der Waals surface area contributed by atoms with Gasteiger partial charge in [0.05, 0.1) is 6.17 Å². The fraction of sp³-hybridized carbons (Fsp3) is 0.562. The molecule has 0 aliphatic carbocycles. The molecule has 2 rings (SSSR count). The highest BCUT2D eigenvalue weighted by Gasteiger charge is 2.38. The van der Waals surface area contributed by atoms with Crippen molar-refractivity contribution in [3.63, 3.8) is 0 Å². The molecule has 0 aromatic heterocycles. The molecule has 1 aromatic rings. The molecule has 1 N–H and O–H groups in total. The monoisotopic (exact) mass is 275 g/mol. The molecule has 4 nitrogen and oxygen atoms in total. The van der Waals surface area contributed by atoms with E-state index in [4.69, 9.17) is 0 Å². The Kier molecular flexibility index (Phi) is 5.15. The molecule has 0 bridgehead atoms. The van der Waals surface area contributed by atoms with Gasteiger partial charge in [-0.2, -0.15) is 0 Å². The lowest BCUT2D eigenvalue weighted by Crippen LogP contribution is -2.38. The molecular weight excluding hydrogens is 250 g/mol. The SMILES string of the molecule is CCC1NC(c2ccccc2)C(=O)N1CCCN(C)C. The molecular formula is C16H25N3O. The predicted molar refractivity (Wildman–Crippen MR) is 81.3 cm³/mol. The molecule has 1 saturated heterocycles. The van der Waals surface area contributed by atoms with E-state index in [0.717, 1.165) is 31.5 Å². The van der Waals surface area contributed by atoms with Crippen molar-refractivity contribution in [1.29, 1.82) is 0 Å². The van der Waals surface area contributed by atoms with Crippen LogP contribution in [-0.4, -0.2) is 49.1 Å². The van der Waals surface area contributed by atoms with Crippen LogP contribution in [0, 0.1) is 0 Å². The van der Waals surface area contributed by atoms with E-state index in [-0.39, 0.29) is 18.1 Å². The lowest BCUT2D eigenvalue weighted by atomic mass is 10.1. The zero-order chi connectivity index (χ0) is 14.5. The number of hydrogen-bond acceptors (Lipinski definition) is 3. The molecule has 1 aliphatic heterocycles. The number of hydrogen-bond donors (Lipinski definition) is 1. The molecule has 2 atom stereocenters. The molecule has 1 aliphatic rings. The van der Waals surface area contributed by atoms with Crippen LogP contribution in [0.25, 0.3) is 0 Å². The van der Waals surface area contributed by atoms with Crippen molar-refractivity contribution in [2.45, 2.75) is 32.0 Å². The van der Waals surface area contributed by atoms with Gasteiger partial charge in [-0.1, -0.05) is 37.3 Å². The zero-order valence-electron chi connectivity index (χ0n) is 12.7. The van der Waals surface area contributed by atoms with Crippen LogP contribution in [0.3, 0.4) is 0 Å². The van der Waals surface area contributed by atoms with Gasteiger partial charge < -0.3 is 9.80 Å². The number of carbonyl (C=O) groups excluding carboxylic acids is 1. The quantitative estimate of drug-likeness (QED) is 0.860. The lowest BCUT2D eigenvalue weighted by Gasteiger charge is -2.23. The van der Waals surface area contributed by atoms with Gasteiger partial charge in [0.1, 0.15) is 6.04 Å². The first-order valence-electron chi connectivity index (χ1n) is 7.39. The Morgan fingerprint density at radius 1 is 1.25 bits per heavy atom. The van der Waals surface area contributed by atoms with E-state index in [1.165, 1.54) is 0 Å². The van der Waals surface area contributed by atoms with Crippen LogP contribution in [0.5, 0.6) is 0 Å². The summed E-state index contributed by atoms with van der Waals surface area (Å²) in [7, 11) is 4.13. The van der Waals surface area contributed by atoms with E-state index < -0.39 is 0 Å². The van der Waals surface area contributed by atoms with Gasteiger partial charge in [-0.25, -0.2) is 0 Å². The van der Waals surface area contributed by atoms with Gasteiger partial charge in [-0.05, 0) is 39.0 Å². The Balaban J connectivity index is 2.03. The van der Waals surface area contributed by atoms with Gasteiger partial charge in [-0.15, -0.1) is 0 Å². The summed E-state index contributed by atoms with van der Waals surface area (Å²) in [6.45, 7) is 3.96. The maximum Gasteiger partial charge on any atom is 0.245 e. The Hall–Kier alpha value is -1.39. The highest BCUT2D eigenvalue weighted by molar-refractivity contribution is 5.85. The summed E-state index contributed by atoms with van der Waals surface area (Å²) in [6, 6.07) is 9.81. The predicted octanol–water partition coefficient (Wildman–Crippen LogP) is 1.85. The van der Waals surface area contributed by atoms with E-state index in [1.807, 2.05) is 35.2 Å². The Morgan fingerprint density at radius 2 is 1.95 bits per heavy atom. The van der Waals surface area contributed by atoms with Gasteiger partial charge in [0.25, 0.3) is 0 Å². The number of nitrogens with zero attached hydrogens (tertiary/aromatic N) is 2. The topological polar surface area (TPSA) is 35.6 Å². The molecule has 1 heterocycles. The third-order valence-corrected chi connectivity index (χ3v) is 3.79. The first-order valence-corrected chi connectivity index (χ1v) is 7.39. The fourth-order valence-corrected chi connectivity index (χ4v) is 2.72. The molecule has 1 fully saturated rings. The summed E-state index contributed by atoms with van der Waals surface area (Å²) in [6.07, 6.45) is 2.12.